The molecule has 4 fully saturated rings. The van der Waals surface area contributed by atoms with Crippen molar-refractivity contribution < 1.29 is 31.3 Å². The fourth-order valence-electron chi connectivity index (χ4n) is 6.38. The van der Waals surface area contributed by atoms with E-state index in [0.717, 1.165) is 19.3 Å². The van der Waals surface area contributed by atoms with Gasteiger partial charge in [0.25, 0.3) is 0 Å². The van der Waals surface area contributed by atoms with E-state index in [4.69, 9.17) is 9.29 Å². The third kappa shape index (κ3) is 2.18. The average molecular weight is 364 g/mol. The number of hydrogen-bond acceptors (Lipinski definition) is 4. The van der Waals surface area contributed by atoms with E-state index >= 15 is 0 Å². The summed E-state index contributed by atoms with van der Waals surface area (Å²) in [7, 11) is -5.61. The maximum absolute atomic E-state index is 13.6. The molecule has 0 aliphatic heterocycles. The molecule has 1 N–H and O–H groups in total. The minimum Gasteiger partial charge on any atom is -0.455 e. The minimum absolute atomic E-state index is 0.189. The van der Waals surface area contributed by atoms with Crippen LogP contribution in [0.5, 0.6) is 0 Å². The molecule has 0 saturated heterocycles. The van der Waals surface area contributed by atoms with Crippen LogP contribution < -0.4 is 0 Å². The Kier molecular flexibility index (Phi) is 3.57. The van der Waals surface area contributed by atoms with Crippen molar-refractivity contribution in [2.75, 3.05) is 0 Å². The summed E-state index contributed by atoms with van der Waals surface area (Å²) in [6.07, 6.45) is 3.15. The molecule has 0 aromatic rings. The topological polar surface area (TPSA) is 80.7 Å². The molecule has 5 nitrogen and oxygen atoms in total. The van der Waals surface area contributed by atoms with Crippen LogP contribution in [0.2, 0.25) is 0 Å². The lowest BCUT2D eigenvalue weighted by atomic mass is 9.67. The molecule has 4 aliphatic rings. The SMILES string of the molecule is CC(OC(=O)C1CC2CC1C1C3CCC(C3)C21)C(F)(F)S(=O)(=O)O. The number of ether oxygens (including phenoxy) is 1. The summed E-state index contributed by atoms with van der Waals surface area (Å²) in [6.45, 7) is 0.805. The van der Waals surface area contributed by atoms with Crippen LogP contribution in [0.3, 0.4) is 0 Å². The number of alkyl halides is 2. The van der Waals surface area contributed by atoms with E-state index in [2.05, 4.69) is 0 Å². The maximum atomic E-state index is 13.6. The van der Waals surface area contributed by atoms with Gasteiger partial charge in [-0.05, 0) is 74.5 Å². The molecule has 4 rings (SSSR count). The molecule has 4 bridgehead atoms. The zero-order chi connectivity index (χ0) is 17.4. The molecule has 0 radical (unpaired) electrons. The maximum Gasteiger partial charge on any atom is 0.405 e. The van der Waals surface area contributed by atoms with Gasteiger partial charge in [0.2, 0.25) is 0 Å². The van der Waals surface area contributed by atoms with E-state index < -0.39 is 33.4 Å². The Labute approximate surface area is 139 Å². The highest BCUT2D eigenvalue weighted by molar-refractivity contribution is 7.86. The van der Waals surface area contributed by atoms with Crippen LogP contribution in [0, 0.1) is 41.4 Å². The highest BCUT2D eigenvalue weighted by Crippen LogP contribution is 2.68. The lowest BCUT2D eigenvalue weighted by Crippen LogP contribution is -2.44. The second kappa shape index (κ2) is 5.13. The van der Waals surface area contributed by atoms with Gasteiger partial charge in [-0.3, -0.25) is 9.35 Å². The van der Waals surface area contributed by atoms with Crippen LogP contribution in [-0.2, 0) is 19.6 Å². The zero-order valence-electron chi connectivity index (χ0n) is 13.4. The van der Waals surface area contributed by atoms with Gasteiger partial charge in [-0.15, -0.1) is 0 Å². The van der Waals surface area contributed by atoms with Gasteiger partial charge in [-0.2, -0.15) is 17.2 Å². The molecule has 8 unspecified atom stereocenters. The summed E-state index contributed by atoms with van der Waals surface area (Å²) in [5.74, 6) is 2.15. The van der Waals surface area contributed by atoms with Gasteiger partial charge in [-0.1, -0.05) is 0 Å². The number of esters is 1. The highest BCUT2D eigenvalue weighted by Gasteiger charge is 2.64. The monoisotopic (exact) mass is 364 g/mol. The molecule has 8 atom stereocenters. The molecular formula is C16H22F2O5S. The van der Waals surface area contributed by atoms with E-state index in [1.165, 1.54) is 19.3 Å². The molecule has 8 heteroatoms. The Morgan fingerprint density at radius 3 is 2.38 bits per heavy atom. The fourth-order valence-corrected chi connectivity index (χ4v) is 6.84. The van der Waals surface area contributed by atoms with E-state index in [9.17, 15) is 22.0 Å². The van der Waals surface area contributed by atoms with Gasteiger partial charge >= 0.3 is 21.3 Å². The molecular weight excluding hydrogens is 342 g/mol. The first kappa shape index (κ1) is 16.7. The minimum atomic E-state index is -5.61. The van der Waals surface area contributed by atoms with Crippen molar-refractivity contribution in [2.45, 2.75) is 50.4 Å². The molecule has 24 heavy (non-hydrogen) atoms. The summed E-state index contributed by atoms with van der Waals surface area (Å²) in [4.78, 5) is 12.4. The Morgan fingerprint density at radius 1 is 1.12 bits per heavy atom. The quantitative estimate of drug-likeness (QED) is 0.471. The smallest absolute Gasteiger partial charge is 0.405 e. The number of rotatable bonds is 4. The molecule has 136 valence electrons. The third-order valence-electron chi connectivity index (χ3n) is 7.15. The van der Waals surface area contributed by atoms with E-state index in [1.807, 2.05) is 0 Å². The van der Waals surface area contributed by atoms with Crippen molar-refractivity contribution in [3.63, 3.8) is 0 Å². The van der Waals surface area contributed by atoms with Crippen molar-refractivity contribution in [3.05, 3.63) is 0 Å². The van der Waals surface area contributed by atoms with Crippen molar-refractivity contribution in [1.82, 2.24) is 0 Å². The number of halogens is 2. The van der Waals surface area contributed by atoms with Crippen LogP contribution in [0.15, 0.2) is 0 Å². The third-order valence-corrected chi connectivity index (χ3v) is 8.17. The van der Waals surface area contributed by atoms with Gasteiger partial charge in [0.15, 0.2) is 6.10 Å². The number of carbonyl (C=O) groups excluding carboxylic acids is 1. The summed E-state index contributed by atoms with van der Waals surface area (Å²) in [5.41, 5.74) is 0. The summed E-state index contributed by atoms with van der Waals surface area (Å²) >= 11 is 0. The standard InChI is InChI=1S/C16H22F2O5S/c1-7(16(17,18)24(20,21)22)23-15(19)12-6-10-5-11(12)14-9-3-2-8(4-9)13(10)14/h7-14H,2-6H2,1H3,(H,20,21,22). The van der Waals surface area contributed by atoms with Gasteiger partial charge in [0.1, 0.15) is 0 Å². The Bertz CT molecular complexity index is 663. The molecule has 0 spiro atoms. The average Bonchev–Trinajstić information content (AvgIpc) is 3.23. The van der Waals surface area contributed by atoms with E-state index in [0.29, 0.717) is 30.1 Å². The molecule has 0 aromatic heterocycles. The van der Waals surface area contributed by atoms with Gasteiger partial charge in [0.05, 0.1) is 5.92 Å². The summed E-state index contributed by atoms with van der Waals surface area (Å²) in [6, 6.07) is 0. The van der Waals surface area contributed by atoms with Crippen molar-refractivity contribution in [1.29, 1.82) is 0 Å². The summed E-state index contributed by atoms with van der Waals surface area (Å²) in [5, 5.41) is -4.49. The van der Waals surface area contributed by atoms with Crippen molar-refractivity contribution in [2.24, 2.45) is 41.4 Å². The predicted octanol–water partition coefficient (Wildman–Crippen LogP) is 2.72. The second-order valence-corrected chi connectivity index (χ2v) is 9.60. The van der Waals surface area contributed by atoms with E-state index in [-0.39, 0.29) is 5.92 Å². The van der Waals surface area contributed by atoms with Gasteiger partial charge in [-0.25, -0.2) is 0 Å². The van der Waals surface area contributed by atoms with Gasteiger partial charge in [0, 0.05) is 0 Å². The molecule has 0 amide bonds. The molecule has 0 aromatic carbocycles. The van der Waals surface area contributed by atoms with Crippen LogP contribution >= 0.6 is 0 Å². The van der Waals surface area contributed by atoms with E-state index in [1.54, 1.807) is 0 Å². The lowest BCUT2D eigenvalue weighted by molar-refractivity contribution is -0.167. The van der Waals surface area contributed by atoms with Crippen LogP contribution in [0.4, 0.5) is 8.78 Å². The largest absolute Gasteiger partial charge is 0.455 e. The van der Waals surface area contributed by atoms with Crippen molar-refractivity contribution in [3.8, 4) is 0 Å². The van der Waals surface area contributed by atoms with Crippen molar-refractivity contribution >= 4 is 16.1 Å². The number of carbonyl (C=O) groups is 1. The predicted molar refractivity (Wildman–Crippen MR) is 79.6 cm³/mol. The first-order valence-electron chi connectivity index (χ1n) is 8.66. The lowest BCUT2D eigenvalue weighted by Gasteiger charge is -2.38. The van der Waals surface area contributed by atoms with Crippen LogP contribution in [0.1, 0.15) is 39.0 Å². The summed E-state index contributed by atoms with van der Waals surface area (Å²) < 4.78 is 62.1. The van der Waals surface area contributed by atoms with Gasteiger partial charge < -0.3 is 4.74 Å². The fraction of sp³-hybridized carbons (Fsp3) is 0.938. The molecule has 4 saturated carbocycles. The second-order valence-electron chi connectivity index (χ2n) is 8.11. The first-order chi connectivity index (χ1) is 11.1. The first-order valence-corrected chi connectivity index (χ1v) is 10.1. The van der Waals surface area contributed by atoms with Crippen LogP contribution in [-0.4, -0.2) is 30.3 Å². The highest BCUT2D eigenvalue weighted by atomic mass is 32.2. The Hall–Kier alpha value is -0.760. The number of fused-ring (bicyclic) bond motifs is 9. The van der Waals surface area contributed by atoms with Crippen LogP contribution in [0.25, 0.3) is 0 Å². The normalized spacial score (nSPS) is 44.6. The Balaban J connectivity index is 1.46. The molecule has 0 heterocycles. The Morgan fingerprint density at radius 2 is 1.75 bits per heavy atom. The molecule has 4 aliphatic carbocycles. The number of hydrogen-bond donors (Lipinski definition) is 1. The zero-order valence-corrected chi connectivity index (χ0v) is 14.2.